The molecule has 15 heavy (non-hydrogen) atoms. The zero-order chi connectivity index (χ0) is 10.7. The molecule has 0 fully saturated rings. The van der Waals surface area contributed by atoms with Crippen LogP contribution in [-0.2, 0) is 0 Å². The van der Waals surface area contributed by atoms with Gasteiger partial charge in [0, 0.05) is 5.39 Å². The lowest BCUT2D eigenvalue weighted by molar-refractivity contribution is 0.476. The highest BCUT2D eigenvalue weighted by atomic mass is 16.2. The van der Waals surface area contributed by atoms with Gasteiger partial charge in [0.15, 0.2) is 0 Å². The molecule has 0 atom stereocenters. The number of aromatic nitrogens is 1. The fourth-order valence-electron chi connectivity index (χ4n) is 1.37. The van der Waals surface area contributed by atoms with E-state index in [1.807, 2.05) is 36.4 Å². The molecule has 0 aliphatic heterocycles. The van der Waals surface area contributed by atoms with Crippen molar-refractivity contribution in [3.8, 4) is 6.07 Å². The van der Waals surface area contributed by atoms with Crippen LogP contribution in [0.1, 0.15) is 5.69 Å². The van der Waals surface area contributed by atoms with Crippen molar-refractivity contribution < 1.29 is 5.11 Å². The number of hydrogen-bond donors (Lipinski definition) is 1. The molecule has 0 bridgehead atoms. The van der Waals surface area contributed by atoms with Gasteiger partial charge in [-0.05, 0) is 12.1 Å². The van der Waals surface area contributed by atoms with Crippen LogP contribution in [0.5, 0.6) is 0 Å². The van der Waals surface area contributed by atoms with Crippen LogP contribution in [0.15, 0.2) is 42.7 Å². The van der Waals surface area contributed by atoms with Crippen molar-refractivity contribution in [2.24, 2.45) is 0 Å². The maximum Gasteiger partial charge on any atom is 0.112 e. The number of rotatable bonds is 1. The van der Waals surface area contributed by atoms with Crippen LogP contribution in [0.25, 0.3) is 16.5 Å². The first-order chi connectivity index (χ1) is 7.35. The van der Waals surface area contributed by atoms with E-state index >= 15 is 0 Å². The van der Waals surface area contributed by atoms with Gasteiger partial charge in [-0.2, -0.15) is 5.26 Å². The number of aliphatic hydroxyl groups is 1. The highest BCUT2D eigenvalue weighted by molar-refractivity contribution is 5.83. The third-order valence-electron chi connectivity index (χ3n) is 2.12. The lowest BCUT2D eigenvalue weighted by Crippen LogP contribution is -1.88. The van der Waals surface area contributed by atoms with Crippen molar-refractivity contribution in [2.75, 3.05) is 0 Å². The van der Waals surface area contributed by atoms with Crippen LogP contribution in [-0.4, -0.2) is 10.1 Å². The van der Waals surface area contributed by atoms with Gasteiger partial charge in [-0.3, -0.25) is 0 Å². The predicted molar refractivity (Wildman–Crippen MR) is 58.0 cm³/mol. The first-order valence-electron chi connectivity index (χ1n) is 4.46. The monoisotopic (exact) mass is 196 g/mol. The number of fused-ring (bicyclic) bond motifs is 1. The van der Waals surface area contributed by atoms with Crippen molar-refractivity contribution in [1.29, 1.82) is 5.26 Å². The van der Waals surface area contributed by atoms with Gasteiger partial charge >= 0.3 is 0 Å². The maximum atomic E-state index is 8.83. The average molecular weight is 196 g/mol. The van der Waals surface area contributed by atoms with Crippen LogP contribution in [0.3, 0.4) is 0 Å². The Morgan fingerprint density at radius 3 is 2.80 bits per heavy atom. The quantitative estimate of drug-likeness (QED) is 0.563. The number of allylic oxidation sites excluding steroid dienone is 1. The summed E-state index contributed by atoms with van der Waals surface area (Å²) in [7, 11) is 0. The fourth-order valence-corrected chi connectivity index (χ4v) is 1.37. The molecule has 2 aromatic rings. The second-order valence-electron chi connectivity index (χ2n) is 3.04. The third-order valence-corrected chi connectivity index (χ3v) is 2.12. The average Bonchev–Trinajstić information content (AvgIpc) is 2.30. The fraction of sp³-hybridized carbons (Fsp3) is 0. The molecule has 0 aliphatic carbocycles. The molecule has 3 heteroatoms. The summed E-state index contributed by atoms with van der Waals surface area (Å²) in [6, 6.07) is 13.1. The highest BCUT2D eigenvalue weighted by Crippen LogP contribution is 2.16. The molecule has 0 unspecified atom stereocenters. The second kappa shape index (κ2) is 3.81. The molecule has 0 spiro atoms. The van der Waals surface area contributed by atoms with Crippen LogP contribution in [0.4, 0.5) is 0 Å². The Morgan fingerprint density at radius 1 is 1.27 bits per heavy atom. The molecule has 0 saturated heterocycles. The lowest BCUT2D eigenvalue weighted by Gasteiger charge is -1.99. The molecule has 72 valence electrons. The van der Waals surface area contributed by atoms with E-state index in [2.05, 4.69) is 4.98 Å². The van der Waals surface area contributed by atoms with E-state index in [0.29, 0.717) is 5.69 Å². The van der Waals surface area contributed by atoms with E-state index in [-0.39, 0.29) is 5.57 Å². The van der Waals surface area contributed by atoms with Crippen molar-refractivity contribution in [3.05, 3.63) is 48.4 Å². The molecular formula is C12H8N2O. The summed E-state index contributed by atoms with van der Waals surface area (Å²) in [5.41, 5.74) is 1.46. The molecule has 1 aromatic heterocycles. The van der Waals surface area contributed by atoms with Crippen LogP contribution >= 0.6 is 0 Å². The molecular weight excluding hydrogens is 188 g/mol. The zero-order valence-corrected chi connectivity index (χ0v) is 7.88. The largest absolute Gasteiger partial charge is 0.514 e. The van der Waals surface area contributed by atoms with Gasteiger partial charge < -0.3 is 5.11 Å². The minimum Gasteiger partial charge on any atom is -0.514 e. The van der Waals surface area contributed by atoms with E-state index in [0.717, 1.165) is 17.2 Å². The van der Waals surface area contributed by atoms with Gasteiger partial charge in [-0.15, -0.1) is 0 Å². The summed E-state index contributed by atoms with van der Waals surface area (Å²) >= 11 is 0. The van der Waals surface area contributed by atoms with Crippen molar-refractivity contribution in [3.63, 3.8) is 0 Å². The van der Waals surface area contributed by atoms with Crippen LogP contribution in [0, 0.1) is 11.3 Å². The summed E-state index contributed by atoms with van der Waals surface area (Å²) in [4.78, 5) is 4.27. The minimum atomic E-state index is 0.167. The van der Waals surface area contributed by atoms with Gasteiger partial charge in [0.25, 0.3) is 0 Å². The Bertz CT molecular complexity index is 567. The topological polar surface area (TPSA) is 56.9 Å². The minimum absolute atomic E-state index is 0.167. The van der Waals surface area contributed by atoms with E-state index in [4.69, 9.17) is 10.4 Å². The summed E-state index contributed by atoms with van der Waals surface area (Å²) in [6.45, 7) is 0. The maximum absolute atomic E-state index is 8.83. The Morgan fingerprint density at radius 2 is 2.07 bits per heavy atom. The Labute approximate surface area is 86.9 Å². The number of para-hydroxylation sites is 1. The molecule has 0 aliphatic rings. The summed E-state index contributed by atoms with van der Waals surface area (Å²) < 4.78 is 0. The molecule has 1 N–H and O–H groups in total. The summed E-state index contributed by atoms with van der Waals surface area (Å²) in [5.74, 6) is 0. The predicted octanol–water partition coefficient (Wildman–Crippen LogP) is 2.66. The molecule has 1 aromatic carbocycles. The number of aliphatic hydroxyl groups excluding tert-OH is 1. The van der Waals surface area contributed by atoms with Gasteiger partial charge in [0.05, 0.1) is 17.5 Å². The van der Waals surface area contributed by atoms with E-state index in [1.165, 1.54) is 0 Å². The summed E-state index contributed by atoms with van der Waals surface area (Å²) in [5, 5.41) is 18.6. The smallest absolute Gasteiger partial charge is 0.112 e. The highest BCUT2D eigenvalue weighted by Gasteiger charge is 2.02. The number of benzene rings is 1. The van der Waals surface area contributed by atoms with E-state index in [1.54, 1.807) is 6.07 Å². The number of hydrogen-bond acceptors (Lipinski definition) is 3. The Balaban J connectivity index is 2.62. The molecule has 2 rings (SSSR count). The summed E-state index contributed by atoms with van der Waals surface area (Å²) in [6.07, 6.45) is 0.775. The molecule has 1 heterocycles. The second-order valence-corrected chi connectivity index (χ2v) is 3.04. The van der Waals surface area contributed by atoms with E-state index < -0.39 is 0 Å². The molecule has 0 amide bonds. The van der Waals surface area contributed by atoms with Gasteiger partial charge in [-0.1, -0.05) is 24.3 Å². The number of nitriles is 1. The number of nitrogens with zero attached hydrogens (tertiary/aromatic N) is 2. The molecule has 0 saturated carbocycles. The first-order valence-corrected chi connectivity index (χ1v) is 4.46. The van der Waals surface area contributed by atoms with Crippen molar-refractivity contribution in [1.82, 2.24) is 4.98 Å². The van der Waals surface area contributed by atoms with Crippen LogP contribution < -0.4 is 0 Å². The number of pyridine rings is 1. The first kappa shape index (κ1) is 9.22. The Kier molecular flexibility index (Phi) is 2.34. The molecule has 3 nitrogen and oxygen atoms in total. The zero-order valence-electron chi connectivity index (χ0n) is 7.88. The van der Waals surface area contributed by atoms with Gasteiger partial charge in [-0.25, -0.2) is 4.98 Å². The van der Waals surface area contributed by atoms with Gasteiger partial charge in [0.2, 0.25) is 0 Å². The Hall–Kier alpha value is -2.34. The SMILES string of the molecule is N#C/C(=C\O)c1ccc2ccccc2n1. The van der Waals surface area contributed by atoms with Crippen molar-refractivity contribution in [2.45, 2.75) is 0 Å². The lowest BCUT2D eigenvalue weighted by atomic mass is 10.1. The molecule has 0 radical (unpaired) electrons. The van der Waals surface area contributed by atoms with Crippen LogP contribution in [0.2, 0.25) is 0 Å². The van der Waals surface area contributed by atoms with Gasteiger partial charge in [0.1, 0.15) is 11.6 Å². The van der Waals surface area contributed by atoms with Crippen molar-refractivity contribution >= 4 is 16.5 Å². The third kappa shape index (κ3) is 1.65. The normalized spacial score (nSPS) is 11.3. The standard InChI is InChI=1S/C12H8N2O/c13-7-10(8-15)12-6-5-9-3-1-2-4-11(9)14-12/h1-6,8,15H/b10-8+. The van der Waals surface area contributed by atoms with E-state index in [9.17, 15) is 0 Å².